The molecular formula is C13H16ClN3O2. The number of halogens is 1. The highest BCUT2D eigenvalue weighted by molar-refractivity contribution is 5.91. The van der Waals surface area contributed by atoms with Crippen LogP contribution in [-0.2, 0) is 6.42 Å². The molecule has 1 aromatic carbocycles. The summed E-state index contributed by atoms with van der Waals surface area (Å²) in [5.41, 5.74) is 6.93. The average Bonchev–Trinajstić information content (AvgIpc) is 2.82. The molecule has 0 atom stereocenters. The fourth-order valence-electron chi connectivity index (χ4n) is 1.53. The topological polar surface area (TPSA) is 67.2 Å². The zero-order chi connectivity index (χ0) is 12.8. The molecule has 0 fully saturated rings. The number of nitrogens with zero attached hydrogens (tertiary/aromatic N) is 1. The number of hydrogen-bond donors (Lipinski definition) is 2. The quantitative estimate of drug-likeness (QED) is 0.649. The van der Waals surface area contributed by atoms with Gasteiger partial charge in [0.15, 0.2) is 5.69 Å². The van der Waals surface area contributed by atoms with Gasteiger partial charge in [-0.3, -0.25) is 10.2 Å². The lowest BCUT2D eigenvalue weighted by Crippen LogP contribution is -2.38. The predicted molar refractivity (Wildman–Crippen MR) is 74.1 cm³/mol. The van der Waals surface area contributed by atoms with Crippen molar-refractivity contribution in [2.75, 3.05) is 6.54 Å². The van der Waals surface area contributed by atoms with Crippen LogP contribution in [0.2, 0.25) is 0 Å². The van der Waals surface area contributed by atoms with Gasteiger partial charge in [0, 0.05) is 12.6 Å². The minimum atomic E-state index is -0.292. The Labute approximate surface area is 117 Å². The summed E-state index contributed by atoms with van der Waals surface area (Å²) in [4.78, 5) is 11.6. The van der Waals surface area contributed by atoms with E-state index in [1.165, 1.54) is 5.56 Å². The van der Waals surface area contributed by atoms with Gasteiger partial charge in [-0.15, -0.1) is 12.4 Å². The molecule has 2 aromatic rings. The third-order valence-electron chi connectivity index (χ3n) is 2.44. The summed E-state index contributed by atoms with van der Waals surface area (Å²) in [5.74, 6) is 0.323. The van der Waals surface area contributed by atoms with Crippen LogP contribution >= 0.6 is 12.4 Å². The Balaban J connectivity index is 0.00000180. The van der Waals surface area contributed by atoms with E-state index in [2.05, 4.69) is 16.0 Å². The fourth-order valence-corrected chi connectivity index (χ4v) is 1.53. The van der Waals surface area contributed by atoms with E-state index in [4.69, 9.17) is 4.52 Å². The Morgan fingerprint density at radius 1 is 1.32 bits per heavy atom. The molecule has 5 nitrogen and oxygen atoms in total. The maximum Gasteiger partial charge on any atom is 0.287 e. The van der Waals surface area contributed by atoms with Gasteiger partial charge in [0.1, 0.15) is 5.76 Å². The predicted octanol–water partition coefficient (Wildman–Crippen LogP) is 1.88. The van der Waals surface area contributed by atoms with Crippen LogP contribution in [-0.4, -0.2) is 17.6 Å². The van der Waals surface area contributed by atoms with Crippen molar-refractivity contribution >= 4 is 18.3 Å². The first-order valence-corrected chi connectivity index (χ1v) is 5.76. The third-order valence-corrected chi connectivity index (χ3v) is 2.44. The molecule has 0 aliphatic carbocycles. The SMILES string of the molecule is Cc1cc(C(=O)NNCCc2ccccc2)no1.Cl. The van der Waals surface area contributed by atoms with Gasteiger partial charge in [0.05, 0.1) is 0 Å². The molecule has 0 spiro atoms. The lowest BCUT2D eigenvalue weighted by molar-refractivity contribution is 0.0924. The Morgan fingerprint density at radius 3 is 2.68 bits per heavy atom. The van der Waals surface area contributed by atoms with Gasteiger partial charge in [0.2, 0.25) is 0 Å². The minimum absolute atomic E-state index is 0. The highest BCUT2D eigenvalue weighted by Crippen LogP contribution is 2.00. The van der Waals surface area contributed by atoms with Crippen molar-refractivity contribution in [2.24, 2.45) is 0 Å². The average molecular weight is 282 g/mol. The van der Waals surface area contributed by atoms with Crippen molar-refractivity contribution in [2.45, 2.75) is 13.3 Å². The normalized spacial score (nSPS) is 9.74. The van der Waals surface area contributed by atoms with Gasteiger partial charge < -0.3 is 4.52 Å². The second-order valence-corrected chi connectivity index (χ2v) is 3.94. The van der Waals surface area contributed by atoms with E-state index in [0.717, 1.165) is 6.42 Å². The maximum absolute atomic E-state index is 11.6. The van der Waals surface area contributed by atoms with E-state index in [9.17, 15) is 4.79 Å². The molecule has 0 aliphatic heterocycles. The summed E-state index contributed by atoms with van der Waals surface area (Å²) in [6.45, 7) is 2.40. The van der Waals surface area contributed by atoms with E-state index in [0.29, 0.717) is 12.3 Å². The summed E-state index contributed by atoms with van der Waals surface area (Å²) in [6.07, 6.45) is 0.846. The standard InChI is InChI=1S/C13H15N3O2.ClH/c1-10-9-12(16-18-10)13(17)15-14-8-7-11-5-3-2-4-6-11;/h2-6,9,14H,7-8H2,1H3,(H,15,17);1H. The number of aromatic nitrogens is 1. The Bertz CT molecular complexity index is 514. The van der Waals surface area contributed by atoms with Gasteiger partial charge in [-0.25, -0.2) is 5.43 Å². The number of rotatable bonds is 5. The minimum Gasteiger partial charge on any atom is -0.361 e. The molecule has 0 radical (unpaired) electrons. The number of hydrogen-bond acceptors (Lipinski definition) is 4. The highest BCUT2D eigenvalue weighted by Gasteiger charge is 2.09. The van der Waals surface area contributed by atoms with Crippen LogP contribution in [0.3, 0.4) is 0 Å². The molecule has 0 unspecified atom stereocenters. The summed E-state index contributed by atoms with van der Waals surface area (Å²) in [7, 11) is 0. The first kappa shape index (κ1) is 15.2. The van der Waals surface area contributed by atoms with Crippen molar-refractivity contribution in [3.8, 4) is 0 Å². The number of hydrazine groups is 1. The van der Waals surface area contributed by atoms with Crippen molar-refractivity contribution in [1.82, 2.24) is 16.0 Å². The molecule has 0 saturated carbocycles. The zero-order valence-electron chi connectivity index (χ0n) is 10.6. The molecule has 6 heteroatoms. The zero-order valence-corrected chi connectivity index (χ0v) is 11.4. The number of benzene rings is 1. The second kappa shape index (κ2) is 7.56. The monoisotopic (exact) mass is 281 g/mol. The van der Waals surface area contributed by atoms with E-state index in [1.54, 1.807) is 13.0 Å². The first-order chi connectivity index (χ1) is 8.75. The van der Waals surface area contributed by atoms with Crippen LogP contribution in [0.5, 0.6) is 0 Å². The van der Waals surface area contributed by atoms with Crippen molar-refractivity contribution in [3.63, 3.8) is 0 Å². The lowest BCUT2D eigenvalue weighted by atomic mass is 10.2. The summed E-state index contributed by atoms with van der Waals surface area (Å²) < 4.78 is 4.82. The molecular weight excluding hydrogens is 266 g/mol. The van der Waals surface area contributed by atoms with Gasteiger partial charge in [-0.2, -0.15) is 0 Å². The Hall–Kier alpha value is -1.85. The molecule has 1 heterocycles. The molecule has 0 saturated heterocycles. The van der Waals surface area contributed by atoms with Gasteiger partial charge in [-0.05, 0) is 18.9 Å². The van der Waals surface area contributed by atoms with E-state index in [-0.39, 0.29) is 24.0 Å². The van der Waals surface area contributed by atoms with Crippen LogP contribution < -0.4 is 10.9 Å². The lowest BCUT2D eigenvalue weighted by Gasteiger charge is -2.05. The van der Waals surface area contributed by atoms with E-state index < -0.39 is 0 Å². The van der Waals surface area contributed by atoms with Crippen LogP contribution in [0.4, 0.5) is 0 Å². The number of aryl methyl sites for hydroxylation is 1. The van der Waals surface area contributed by atoms with Crippen molar-refractivity contribution in [3.05, 3.63) is 53.4 Å². The molecule has 2 rings (SSSR count). The second-order valence-electron chi connectivity index (χ2n) is 3.94. The van der Waals surface area contributed by atoms with Crippen LogP contribution in [0, 0.1) is 6.92 Å². The van der Waals surface area contributed by atoms with Crippen molar-refractivity contribution < 1.29 is 9.32 Å². The number of amides is 1. The van der Waals surface area contributed by atoms with E-state index >= 15 is 0 Å². The van der Waals surface area contributed by atoms with Crippen LogP contribution in [0.15, 0.2) is 40.9 Å². The molecule has 19 heavy (non-hydrogen) atoms. The smallest absolute Gasteiger partial charge is 0.287 e. The van der Waals surface area contributed by atoms with Gasteiger partial charge >= 0.3 is 0 Å². The largest absolute Gasteiger partial charge is 0.361 e. The van der Waals surface area contributed by atoms with Crippen LogP contribution in [0.1, 0.15) is 21.8 Å². The number of carbonyl (C=O) groups is 1. The molecule has 0 bridgehead atoms. The Morgan fingerprint density at radius 2 is 2.05 bits per heavy atom. The fraction of sp³-hybridized carbons (Fsp3) is 0.231. The molecule has 1 amide bonds. The molecule has 2 N–H and O–H groups in total. The van der Waals surface area contributed by atoms with E-state index in [1.807, 2.05) is 30.3 Å². The molecule has 102 valence electrons. The number of nitrogens with one attached hydrogen (secondary N) is 2. The van der Waals surface area contributed by atoms with Gasteiger partial charge in [0.25, 0.3) is 5.91 Å². The molecule has 1 aromatic heterocycles. The summed E-state index contributed by atoms with van der Waals surface area (Å²) in [5, 5.41) is 3.63. The van der Waals surface area contributed by atoms with Crippen molar-refractivity contribution in [1.29, 1.82) is 0 Å². The molecule has 0 aliphatic rings. The van der Waals surface area contributed by atoms with Gasteiger partial charge in [-0.1, -0.05) is 35.5 Å². The first-order valence-electron chi connectivity index (χ1n) is 5.76. The summed E-state index contributed by atoms with van der Waals surface area (Å²) in [6, 6.07) is 11.6. The number of carbonyl (C=O) groups excluding carboxylic acids is 1. The third kappa shape index (κ3) is 4.73. The highest BCUT2D eigenvalue weighted by atomic mass is 35.5. The maximum atomic E-state index is 11.6. The Kier molecular flexibility index (Phi) is 6.05. The summed E-state index contributed by atoms with van der Waals surface area (Å²) >= 11 is 0. The van der Waals surface area contributed by atoms with Crippen LogP contribution in [0.25, 0.3) is 0 Å².